The van der Waals surface area contributed by atoms with Crippen molar-refractivity contribution in [3.63, 3.8) is 0 Å². The molecule has 6 nitrogen and oxygen atoms in total. The Balaban J connectivity index is 1.54. The quantitative estimate of drug-likeness (QED) is 0.702. The highest BCUT2D eigenvalue weighted by atomic mass is 32.2. The molecule has 9 heteroatoms. The van der Waals surface area contributed by atoms with Gasteiger partial charge in [0.1, 0.15) is 5.82 Å². The van der Waals surface area contributed by atoms with Crippen LogP contribution in [0.5, 0.6) is 0 Å². The molecule has 0 bridgehead atoms. The second-order valence-corrected chi connectivity index (χ2v) is 11.1. The number of amides is 1. The van der Waals surface area contributed by atoms with Crippen molar-refractivity contribution in [2.24, 2.45) is 0 Å². The fourth-order valence-electron chi connectivity index (χ4n) is 4.64. The number of halogens is 1. The number of carbonyl (C=O) groups is 1. The zero-order chi connectivity index (χ0) is 20.6. The highest BCUT2D eigenvalue weighted by Gasteiger charge is 2.42. The van der Waals surface area contributed by atoms with E-state index in [-0.39, 0.29) is 27.7 Å². The van der Waals surface area contributed by atoms with Crippen LogP contribution in [0.2, 0.25) is 0 Å². The van der Waals surface area contributed by atoms with Gasteiger partial charge in [0.25, 0.3) is 5.91 Å². The molecule has 0 radical (unpaired) electrons. The zero-order valence-corrected chi connectivity index (χ0v) is 18.4. The van der Waals surface area contributed by atoms with Crippen LogP contribution in [0.4, 0.5) is 4.39 Å². The number of rotatable bonds is 5. The Morgan fingerprint density at radius 2 is 1.72 bits per heavy atom. The van der Waals surface area contributed by atoms with Crippen LogP contribution >= 0.6 is 11.8 Å². The fourth-order valence-corrected chi connectivity index (χ4v) is 7.14. The summed E-state index contributed by atoms with van der Waals surface area (Å²) in [4.78, 5) is 16.4. The van der Waals surface area contributed by atoms with Crippen LogP contribution in [0, 0.1) is 5.82 Å². The maximum Gasteiger partial charge on any atom is 0.256 e. The first-order valence-corrected chi connectivity index (χ1v) is 13.0. The summed E-state index contributed by atoms with van der Waals surface area (Å²) in [7, 11) is -3.80. The lowest BCUT2D eigenvalue weighted by molar-refractivity contribution is 0.0788. The first-order chi connectivity index (χ1) is 13.9. The summed E-state index contributed by atoms with van der Waals surface area (Å²) in [5, 5.41) is 0.212. The van der Waals surface area contributed by atoms with Crippen molar-refractivity contribution in [3.8, 4) is 0 Å². The van der Waals surface area contributed by atoms with Gasteiger partial charge in [0.15, 0.2) is 0 Å². The van der Waals surface area contributed by atoms with Crippen molar-refractivity contribution in [1.29, 1.82) is 0 Å². The van der Waals surface area contributed by atoms with Gasteiger partial charge in [0.2, 0.25) is 10.0 Å². The first-order valence-electron chi connectivity index (χ1n) is 10.3. The van der Waals surface area contributed by atoms with Gasteiger partial charge >= 0.3 is 0 Å². The predicted molar refractivity (Wildman–Crippen MR) is 112 cm³/mol. The predicted octanol–water partition coefficient (Wildman–Crippen LogP) is 2.26. The minimum atomic E-state index is -3.80. The normalized spacial score (nSPS) is 26.5. The van der Waals surface area contributed by atoms with Crippen LogP contribution in [0.25, 0.3) is 0 Å². The van der Waals surface area contributed by atoms with E-state index in [0.717, 1.165) is 44.8 Å². The number of carbonyl (C=O) groups excluding carboxylic acids is 1. The molecule has 0 saturated carbocycles. The zero-order valence-electron chi connectivity index (χ0n) is 16.7. The summed E-state index contributed by atoms with van der Waals surface area (Å²) in [6.45, 7) is 4.14. The molecule has 3 aliphatic rings. The maximum atomic E-state index is 14.7. The smallest absolute Gasteiger partial charge is 0.256 e. The van der Waals surface area contributed by atoms with Crippen LogP contribution in [-0.4, -0.2) is 85.2 Å². The van der Waals surface area contributed by atoms with Crippen molar-refractivity contribution in [2.45, 2.75) is 41.9 Å². The van der Waals surface area contributed by atoms with Gasteiger partial charge in [-0.25, -0.2) is 12.8 Å². The molecule has 3 aliphatic heterocycles. The molecular weight excluding hydrogens is 413 g/mol. The largest absolute Gasteiger partial charge is 0.339 e. The molecule has 29 heavy (non-hydrogen) atoms. The third kappa shape index (κ3) is 4.06. The van der Waals surface area contributed by atoms with Crippen molar-refractivity contribution >= 4 is 27.7 Å². The lowest BCUT2D eigenvalue weighted by atomic mass is 10.2. The van der Waals surface area contributed by atoms with E-state index >= 15 is 0 Å². The Morgan fingerprint density at radius 3 is 2.34 bits per heavy atom. The van der Waals surface area contributed by atoms with E-state index in [1.54, 1.807) is 16.7 Å². The second-order valence-electron chi connectivity index (χ2n) is 8.05. The van der Waals surface area contributed by atoms with Gasteiger partial charge in [0, 0.05) is 37.5 Å². The molecule has 3 saturated heterocycles. The number of thioether (sulfide) groups is 1. The fraction of sp³-hybridized carbons (Fsp3) is 0.650. The van der Waals surface area contributed by atoms with Gasteiger partial charge < -0.3 is 4.90 Å². The minimum Gasteiger partial charge on any atom is -0.339 e. The van der Waals surface area contributed by atoms with Crippen LogP contribution in [0.3, 0.4) is 0 Å². The van der Waals surface area contributed by atoms with Gasteiger partial charge in [-0.2, -0.15) is 16.1 Å². The van der Waals surface area contributed by atoms with E-state index in [1.165, 1.54) is 16.4 Å². The molecule has 0 spiro atoms. The summed E-state index contributed by atoms with van der Waals surface area (Å²) < 4.78 is 42.5. The van der Waals surface area contributed by atoms with Gasteiger partial charge in [-0.1, -0.05) is 0 Å². The van der Waals surface area contributed by atoms with E-state index in [2.05, 4.69) is 4.90 Å². The van der Waals surface area contributed by atoms with Crippen molar-refractivity contribution in [2.75, 3.05) is 45.5 Å². The number of sulfonamides is 1. The monoisotopic (exact) mass is 441 g/mol. The standard InChI is InChI=1S/C20H28FN3O3S2/c1-28-19-14-24(13-18(19)22-8-2-3-9-22)29(26,27)15-6-7-16(17(21)12-15)20(25)23-10-4-5-11-23/h6-7,12,18-19H,2-5,8-11,13-14H2,1H3/t18-,19+/m1/s1. The average molecular weight is 442 g/mol. The Morgan fingerprint density at radius 1 is 1.07 bits per heavy atom. The van der Waals surface area contributed by atoms with Crippen LogP contribution < -0.4 is 0 Å². The Kier molecular flexibility index (Phi) is 6.20. The molecule has 1 aromatic carbocycles. The number of likely N-dealkylation sites (tertiary alicyclic amines) is 2. The number of hydrogen-bond donors (Lipinski definition) is 0. The Labute approximate surface area is 176 Å². The summed E-state index contributed by atoms with van der Waals surface area (Å²) in [6.07, 6.45) is 6.17. The number of benzene rings is 1. The average Bonchev–Trinajstić information content (AvgIpc) is 3.48. The van der Waals surface area contributed by atoms with Crippen LogP contribution in [0.1, 0.15) is 36.0 Å². The molecule has 0 aliphatic carbocycles. The molecule has 0 unspecified atom stereocenters. The van der Waals surface area contributed by atoms with Crippen LogP contribution in [0.15, 0.2) is 23.1 Å². The van der Waals surface area contributed by atoms with E-state index in [4.69, 9.17) is 0 Å². The van der Waals surface area contributed by atoms with Gasteiger partial charge in [-0.05, 0) is 63.2 Å². The Hall–Kier alpha value is -1.16. The van der Waals surface area contributed by atoms with Gasteiger partial charge in [-0.15, -0.1) is 0 Å². The van der Waals surface area contributed by atoms with Crippen LogP contribution in [-0.2, 0) is 10.0 Å². The molecule has 0 aromatic heterocycles. The highest BCUT2D eigenvalue weighted by Crippen LogP contribution is 2.32. The molecular formula is C20H28FN3O3S2. The summed E-state index contributed by atoms with van der Waals surface area (Å²) in [5.41, 5.74) is -0.0517. The minimum absolute atomic E-state index is 0.0517. The lowest BCUT2D eigenvalue weighted by Gasteiger charge is -2.27. The van der Waals surface area contributed by atoms with Gasteiger partial charge in [-0.3, -0.25) is 9.69 Å². The summed E-state index contributed by atoms with van der Waals surface area (Å²) >= 11 is 1.69. The Bertz CT molecular complexity index is 868. The van der Waals surface area contributed by atoms with Crippen molar-refractivity contribution < 1.29 is 17.6 Å². The molecule has 4 rings (SSSR count). The van der Waals surface area contributed by atoms with E-state index in [0.29, 0.717) is 26.2 Å². The topological polar surface area (TPSA) is 60.9 Å². The third-order valence-electron chi connectivity index (χ3n) is 6.32. The van der Waals surface area contributed by atoms with Crippen molar-refractivity contribution in [1.82, 2.24) is 14.1 Å². The molecule has 160 valence electrons. The van der Waals surface area contributed by atoms with E-state index in [9.17, 15) is 17.6 Å². The van der Waals surface area contributed by atoms with Gasteiger partial charge in [0.05, 0.1) is 10.5 Å². The second kappa shape index (κ2) is 8.53. The molecule has 1 aromatic rings. The number of hydrogen-bond acceptors (Lipinski definition) is 5. The molecule has 2 atom stereocenters. The lowest BCUT2D eigenvalue weighted by Crippen LogP contribution is -2.40. The first kappa shape index (κ1) is 21.1. The van der Waals surface area contributed by atoms with Crippen molar-refractivity contribution in [3.05, 3.63) is 29.6 Å². The molecule has 3 heterocycles. The van der Waals surface area contributed by atoms with E-state index < -0.39 is 15.8 Å². The molecule has 3 fully saturated rings. The molecule has 1 amide bonds. The summed E-state index contributed by atoms with van der Waals surface area (Å²) in [5.74, 6) is -1.12. The SMILES string of the molecule is CS[C@H]1CN(S(=O)(=O)c2ccc(C(=O)N3CCCC3)c(F)c2)C[C@H]1N1CCCC1. The summed E-state index contributed by atoms with van der Waals surface area (Å²) in [6, 6.07) is 3.90. The molecule has 0 N–H and O–H groups in total. The third-order valence-corrected chi connectivity index (χ3v) is 9.21. The maximum absolute atomic E-state index is 14.7. The highest BCUT2D eigenvalue weighted by molar-refractivity contribution is 7.99. The number of nitrogens with zero attached hydrogens (tertiary/aromatic N) is 3. The van der Waals surface area contributed by atoms with E-state index in [1.807, 2.05) is 6.26 Å².